The van der Waals surface area contributed by atoms with E-state index in [0.717, 1.165) is 41.0 Å². The number of aromatic nitrogens is 1. The lowest BCUT2D eigenvalue weighted by molar-refractivity contribution is 0.306. The molecule has 1 aliphatic rings. The molecular formula is C16H13N3O2. The Morgan fingerprint density at radius 1 is 1.29 bits per heavy atom. The SMILES string of the molecule is N#Cc1cc(COc2ccc3c(c2)CC/C3=N/O)ccn1. The standard InChI is InChI=1S/C16H13N3O2/c17-9-13-7-11(5-6-18-13)10-21-14-2-3-15-12(8-14)1-4-16(15)19-20/h2-3,5-8,20H,1,4,10H2/b19-16-. The number of benzene rings is 1. The van der Waals surface area contributed by atoms with Gasteiger partial charge >= 0.3 is 0 Å². The van der Waals surface area contributed by atoms with Crippen molar-refractivity contribution in [1.82, 2.24) is 4.98 Å². The molecule has 0 fully saturated rings. The molecule has 1 aliphatic carbocycles. The minimum Gasteiger partial charge on any atom is -0.489 e. The first-order valence-corrected chi connectivity index (χ1v) is 6.62. The number of ether oxygens (including phenoxy) is 1. The van der Waals surface area contributed by atoms with Crippen LogP contribution in [0.3, 0.4) is 0 Å². The molecular weight excluding hydrogens is 266 g/mol. The molecule has 2 aromatic rings. The Labute approximate surface area is 122 Å². The normalized spacial score (nSPS) is 14.7. The van der Waals surface area contributed by atoms with Crippen molar-refractivity contribution in [3.63, 3.8) is 0 Å². The van der Waals surface area contributed by atoms with Crippen LogP contribution in [0.15, 0.2) is 41.7 Å². The molecule has 21 heavy (non-hydrogen) atoms. The fraction of sp³-hybridized carbons (Fsp3) is 0.188. The summed E-state index contributed by atoms with van der Waals surface area (Å²) in [5, 5.41) is 21.0. The van der Waals surface area contributed by atoms with Gasteiger partial charge in [0, 0.05) is 11.8 Å². The van der Waals surface area contributed by atoms with Gasteiger partial charge in [-0.1, -0.05) is 5.16 Å². The van der Waals surface area contributed by atoms with Gasteiger partial charge in [-0.25, -0.2) is 4.98 Å². The van der Waals surface area contributed by atoms with Crippen LogP contribution in [-0.2, 0) is 13.0 Å². The van der Waals surface area contributed by atoms with E-state index in [-0.39, 0.29) is 0 Å². The first kappa shape index (κ1) is 13.1. The minimum absolute atomic E-state index is 0.383. The van der Waals surface area contributed by atoms with Crippen LogP contribution in [0.1, 0.15) is 28.8 Å². The molecule has 5 nitrogen and oxygen atoms in total. The van der Waals surface area contributed by atoms with Gasteiger partial charge in [0.25, 0.3) is 0 Å². The van der Waals surface area contributed by atoms with Crippen molar-refractivity contribution in [3.05, 3.63) is 58.9 Å². The third-order valence-electron chi connectivity index (χ3n) is 3.48. The summed E-state index contributed by atoms with van der Waals surface area (Å²) in [4.78, 5) is 3.92. The van der Waals surface area contributed by atoms with Gasteiger partial charge in [0.2, 0.25) is 0 Å². The summed E-state index contributed by atoms with van der Waals surface area (Å²) in [6.45, 7) is 0.386. The Balaban J connectivity index is 1.73. The molecule has 0 saturated heterocycles. The van der Waals surface area contributed by atoms with Gasteiger partial charge in [-0.15, -0.1) is 0 Å². The number of nitriles is 1. The molecule has 104 valence electrons. The Morgan fingerprint density at radius 2 is 2.19 bits per heavy atom. The second-order valence-corrected chi connectivity index (χ2v) is 4.82. The summed E-state index contributed by atoms with van der Waals surface area (Å²) in [7, 11) is 0. The zero-order valence-electron chi connectivity index (χ0n) is 11.3. The highest BCUT2D eigenvalue weighted by molar-refractivity contribution is 6.04. The van der Waals surface area contributed by atoms with E-state index in [1.165, 1.54) is 0 Å². The molecule has 5 heteroatoms. The van der Waals surface area contributed by atoms with Crippen LogP contribution in [0.4, 0.5) is 0 Å². The monoisotopic (exact) mass is 279 g/mol. The molecule has 1 heterocycles. The van der Waals surface area contributed by atoms with Crippen molar-refractivity contribution in [1.29, 1.82) is 5.26 Å². The number of nitrogens with zero attached hydrogens (tertiary/aromatic N) is 3. The van der Waals surface area contributed by atoms with E-state index in [1.54, 1.807) is 12.3 Å². The highest BCUT2D eigenvalue weighted by Crippen LogP contribution is 2.27. The number of fused-ring (bicyclic) bond motifs is 1. The quantitative estimate of drug-likeness (QED) is 0.692. The Bertz CT molecular complexity index is 747. The number of hydrogen-bond donors (Lipinski definition) is 1. The van der Waals surface area contributed by atoms with E-state index in [2.05, 4.69) is 10.1 Å². The van der Waals surface area contributed by atoms with E-state index >= 15 is 0 Å². The highest BCUT2D eigenvalue weighted by Gasteiger charge is 2.18. The summed E-state index contributed by atoms with van der Waals surface area (Å²) in [5.74, 6) is 0.767. The van der Waals surface area contributed by atoms with Crippen LogP contribution in [0.2, 0.25) is 0 Å². The Hall–Kier alpha value is -2.87. The van der Waals surface area contributed by atoms with E-state index in [1.807, 2.05) is 30.3 Å². The van der Waals surface area contributed by atoms with Crippen LogP contribution in [0.5, 0.6) is 5.75 Å². The fourth-order valence-corrected chi connectivity index (χ4v) is 2.43. The van der Waals surface area contributed by atoms with Gasteiger partial charge in [0.1, 0.15) is 24.1 Å². The highest BCUT2D eigenvalue weighted by atomic mass is 16.5. The maximum Gasteiger partial charge on any atom is 0.140 e. The van der Waals surface area contributed by atoms with Crippen LogP contribution < -0.4 is 4.74 Å². The third kappa shape index (κ3) is 2.70. The molecule has 0 radical (unpaired) electrons. The molecule has 1 aromatic heterocycles. The summed E-state index contributed by atoms with van der Waals surface area (Å²) in [5.41, 5.74) is 4.13. The lowest BCUT2D eigenvalue weighted by Gasteiger charge is -2.08. The Morgan fingerprint density at radius 3 is 3.00 bits per heavy atom. The lowest BCUT2D eigenvalue weighted by atomic mass is 10.1. The smallest absolute Gasteiger partial charge is 0.140 e. The average molecular weight is 279 g/mol. The molecule has 0 atom stereocenters. The number of rotatable bonds is 3. The van der Waals surface area contributed by atoms with Gasteiger partial charge in [0.15, 0.2) is 0 Å². The molecule has 1 N–H and O–H groups in total. The summed E-state index contributed by atoms with van der Waals surface area (Å²) in [6, 6.07) is 11.3. The van der Waals surface area contributed by atoms with Crippen LogP contribution >= 0.6 is 0 Å². The first-order valence-electron chi connectivity index (χ1n) is 6.62. The van der Waals surface area contributed by atoms with Crippen molar-refractivity contribution in [2.24, 2.45) is 5.16 Å². The van der Waals surface area contributed by atoms with Crippen molar-refractivity contribution in [2.75, 3.05) is 0 Å². The van der Waals surface area contributed by atoms with Gasteiger partial charge in [-0.3, -0.25) is 0 Å². The molecule has 0 saturated carbocycles. The van der Waals surface area contributed by atoms with Gasteiger partial charge in [0.05, 0.1) is 5.71 Å². The largest absolute Gasteiger partial charge is 0.489 e. The molecule has 0 spiro atoms. The average Bonchev–Trinajstić information content (AvgIpc) is 2.95. The maximum absolute atomic E-state index is 8.91. The van der Waals surface area contributed by atoms with E-state index < -0.39 is 0 Å². The van der Waals surface area contributed by atoms with E-state index in [4.69, 9.17) is 15.2 Å². The van der Waals surface area contributed by atoms with Crippen molar-refractivity contribution in [3.8, 4) is 11.8 Å². The Kier molecular flexibility index (Phi) is 3.52. The fourth-order valence-electron chi connectivity index (χ4n) is 2.43. The second-order valence-electron chi connectivity index (χ2n) is 4.82. The van der Waals surface area contributed by atoms with Crippen molar-refractivity contribution in [2.45, 2.75) is 19.4 Å². The van der Waals surface area contributed by atoms with Crippen LogP contribution in [0, 0.1) is 11.3 Å². The van der Waals surface area contributed by atoms with E-state index in [9.17, 15) is 0 Å². The van der Waals surface area contributed by atoms with Crippen molar-refractivity contribution >= 4 is 5.71 Å². The summed E-state index contributed by atoms with van der Waals surface area (Å²) < 4.78 is 5.75. The van der Waals surface area contributed by atoms with Gasteiger partial charge < -0.3 is 9.94 Å². The molecule has 1 aromatic carbocycles. The molecule has 0 amide bonds. The summed E-state index contributed by atoms with van der Waals surface area (Å²) in [6.07, 6.45) is 3.22. The first-order chi connectivity index (χ1) is 10.3. The maximum atomic E-state index is 8.91. The molecule has 0 unspecified atom stereocenters. The topological polar surface area (TPSA) is 78.5 Å². The second kappa shape index (κ2) is 5.63. The number of pyridine rings is 1. The zero-order valence-corrected chi connectivity index (χ0v) is 11.3. The van der Waals surface area contributed by atoms with E-state index in [0.29, 0.717) is 12.3 Å². The predicted molar refractivity (Wildman–Crippen MR) is 76.4 cm³/mol. The number of aryl methyl sites for hydroxylation is 1. The van der Waals surface area contributed by atoms with Gasteiger partial charge in [-0.2, -0.15) is 5.26 Å². The molecule has 0 bridgehead atoms. The van der Waals surface area contributed by atoms with Crippen molar-refractivity contribution < 1.29 is 9.94 Å². The van der Waals surface area contributed by atoms with Crippen LogP contribution in [0.25, 0.3) is 0 Å². The number of hydrogen-bond acceptors (Lipinski definition) is 5. The minimum atomic E-state index is 0.383. The molecule has 0 aliphatic heterocycles. The lowest BCUT2D eigenvalue weighted by Crippen LogP contribution is -1.98. The van der Waals surface area contributed by atoms with Gasteiger partial charge in [-0.05, 0) is 54.3 Å². The van der Waals surface area contributed by atoms with Crippen LogP contribution in [-0.4, -0.2) is 15.9 Å². The predicted octanol–water partition coefficient (Wildman–Crippen LogP) is 2.66. The number of oxime groups is 1. The third-order valence-corrected chi connectivity index (χ3v) is 3.48. The zero-order chi connectivity index (χ0) is 14.7. The summed E-state index contributed by atoms with van der Waals surface area (Å²) >= 11 is 0. The molecule has 3 rings (SSSR count).